The van der Waals surface area contributed by atoms with Gasteiger partial charge in [0.05, 0.1) is 11.3 Å². The number of rotatable bonds is 9. The molecule has 0 atom stereocenters. The SMILES string of the molecule is CCN(CC)c1ccc(-n2cccc2C(=O)NCc2ccc(Oc3ccc(F)cc3)cc2)c(C(F)(F)F)c1. The number of carbonyl (C=O) groups is 1. The highest BCUT2D eigenvalue weighted by atomic mass is 19.4. The summed E-state index contributed by atoms with van der Waals surface area (Å²) in [7, 11) is 0. The Labute approximate surface area is 218 Å². The smallest absolute Gasteiger partial charge is 0.418 e. The fraction of sp³-hybridized carbons (Fsp3) is 0.207. The molecule has 9 heteroatoms. The molecule has 1 aromatic heterocycles. The molecule has 0 bridgehead atoms. The molecule has 1 heterocycles. The zero-order valence-electron chi connectivity index (χ0n) is 20.9. The van der Waals surface area contributed by atoms with E-state index >= 15 is 0 Å². The number of alkyl halides is 3. The zero-order valence-corrected chi connectivity index (χ0v) is 20.9. The lowest BCUT2D eigenvalue weighted by Gasteiger charge is -2.24. The van der Waals surface area contributed by atoms with Crippen molar-refractivity contribution in [2.75, 3.05) is 18.0 Å². The van der Waals surface area contributed by atoms with Crippen molar-refractivity contribution < 1.29 is 27.1 Å². The van der Waals surface area contributed by atoms with Gasteiger partial charge in [0, 0.05) is 31.5 Å². The first-order valence-electron chi connectivity index (χ1n) is 12.1. The van der Waals surface area contributed by atoms with E-state index in [1.165, 1.54) is 53.2 Å². The number of anilines is 1. The molecule has 0 aliphatic rings. The normalized spacial score (nSPS) is 11.3. The number of hydrogen-bond acceptors (Lipinski definition) is 3. The van der Waals surface area contributed by atoms with Gasteiger partial charge in [-0.1, -0.05) is 12.1 Å². The van der Waals surface area contributed by atoms with Crippen LogP contribution in [-0.4, -0.2) is 23.6 Å². The lowest BCUT2D eigenvalue weighted by Crippen LogP contribution is -2.26. The van der Waals surface area contributed by atoms with E-state index in [9.17, 15) is 22.4 Å². The number of carbonyl (C=O) groups excluding carboxylic acids is 1. The average Bonchev–Trinajstić information content (AvgIpc) is 3.40. The van der Waals surface area contributed by atoms with Crippen LogP contribution < -0.4 is 15.0 Å². The number of aromatic nitrogens is 1. The van der Waals surface area contributed by atoms with Gasteiger partial charge in [0.2, 0.25) is 0 Å². The molecule has 4 rings (SSSR count). The molecule has 0 fully saturated rings. The van der Waals surface area contributed by atoms with Crippen molar-refractivity contribution >= 4 is 11.6 Å². The third-order valence-electron chi connectivity index (χ3n) is 6.08. The summed E-state index contributed by atoms with van der Waals surface area (Å²) in [4.78, 5) is 14.8. The van der Waals surface area contributed by atoms with Gasteiger partial charge in [-0.25, -0.2) is 4.39 Å². The van der Waals surface area contributed by atoms with Crippen molar-refractivity contribution in [2.45, 2.75) is 26.6 Å². The second-order valence-electron chi connectivity index (χ2n) is 8.52. The summed E-state index contributed by atoms with van der Waals surface area (Å²) in [5.41, 5.74) is 0.385. The first kappa shape index (κ1) is 26.8. The Balaban J connectivity index is 1.49. The molecule has 0 unspecified atom stereocenters. The van der Waals surface area contributed by atoms with Gasteiger partial charge in [-0.05, 0) is 86.1 Å². The van der Waals surface area contributed by atoms with Crippen molar-refractivity contribution in [3.63, 3.8) is 0 Å². The van der Waals surface area contributed by atoms with Crippen LogP contribution in [0.15, 0.2) is 85.1 Å². The molecule has 0 saturated heterocycles. The van der Waals surface area contributed by atoms with E-state index in [1.807, 2.05) is 18.7 Å². The second-order valence-corrected chi connectivity index (χ2v) is 8.52. The fourth-order valence-electron chi connectivity index (χ4n) is 4.11. The standard InChI is InChI=1S/C29H27F4N3O2/c1-3-35(4-2)22-11-16-26(25(18-22)29(31,32)33)36-17-5-6-27(36)28(37)34-19-20-7-12-23(13-8-20)38-24-14-9-21(30)10-15-24/h5-18H,3-4,19H2,1-2H3,(H,34,37). The van der Waals surface area contributed by atoms with Crippen LogP contribution in [0.4, 0.5) is 23.2 Å². The molecule has 3 aromatic carbocycles. The Morgan fingerprint density at radius 1 is 0.921 bits per heavy atom. The number of benzene rings is 3. The average molecular weight is 526 g/mol. The highest BCUT2D eigenvalue weighted by Crippen LogP contribution is 2.37. The Kier molecular flexibility index (Phi) is 8.05. The minimum absolute atomic E-state index is 0.0855. The molecule has 1 N–H and O–H groups in total. The van der Waals surface area contributed by atoms with Gasteiger partial charge in [0.1, 0.15) is 23.0 Å². The summed E-state index contributed by atoms with van der Waals surface area (Å²) in [6.07, 6.45) is -3.16. The Bertz CT molecular complexity index is 1380. The van der Waals surface area contributed by atoms with Crippen molar-refractivity contribution in [2.24, 2.45) is 0 Å². The van der Waals surface area contributed by atoms with E-state index in [0.29, 0.717) is 30.3 Å². The molecule has 0 aliphatic carbocycles. The van der Waals surface area contributed by atoms with E-state index in [-0.39, 0.29) is 23.7 Å². The van der Waals surface area contributed by atoms with Crippen LogP contribution >= 0.6 is 0 Å². The molecule has 0 aliphatic heterocycles. The van der Waals surface area contributed by atoms with Crippen LogP contribution in [0.2, 0.25) is 0 Å². The van der Waals surface area contributed by atoms with Crippen molar-refractivity contribution in [1.29, 1.82) is 0 Å². The van der Waals surface area contributed by atoms with Gasteiger partial charge < -0.3 is 19.5 Å². The maximum absolute atomic E-state index is 14.0. The summed E-state index contributed by atoms with van der Waals surface area (Å²) < 4.78 is 62.0. The molecule has 1 amide bonds. The maximum Gasteiger partial charge on any atom is 0.418 e. The van der Waals surface area contributed by atoms with Gasteiger partial charge >= 0.3 is 6.18 Å². The number of nitrogens with zero attached hydrogens (tertiary/aromatic N) is 2. The van der Waals surface area contributed by atoms with Crippen LogP contribution in [0.1, 0.15) is 35.5 Å². The number of halogens is 4. The Hall–Kier alpha value is -4.27. The third-order valence-corrected chi connectivity index (χ3v) is 6.08. The first-order valence-corrected chi connectivity index (χ1v) is 12.1. The predicted molar refractivity (Wildman–Crippen MR) is 138 cm³/mol. The number of hydrogen-bond donors (Lipinski definition) is 1. The molecule has 38 heavy (non-hydrogen) atoms. The van der Waals surface area contributed by atoms with E-state index < -0.39 is 17.6 Å². The van der Waals surface area contributed by atoms with Crippen molar-refractivity contribution in [3.05, 3.63) is 108 Å². The topological polar surface area (TPSA) is 46.5 Å². The lowest BCUT2D eigenvalue weighted by molar-refractivity contribution is -0.137. The minimum Gasteiger partial charge on any atom is -0.457 e. The van der Waals surface area contributed by atoms with E-state index in [0.717, 1.165) is 11.6 Å². The highest BCUT2D eigenvalue weighted by molar-refractivity contribution is 5.93. The predicted octanol–water partition coefficient (Wildman–Crippen LogP) is 7.20. The highest BCUT2D eigenvalue weighted by Gasteiger charge is 2.35. The van der Waals surface area contributed by atoms with Crippen molar-refractivity contribution in [1.82, 2.24) is 9.88 Å². The van der Waals surface area contributed by atoms with Gasteiger partial charge in [-0.15, -0.1) is 0 Å². The number of nitrogens with one attached hydrogen (secondary N) is 1. The fourth-order valence-corrected chi connectivity index (χ4v) is 4.11. The second kappa shape index (κ2) is 11.4. The Morgan fingerprint density at radius 3 is 2.16 bits per heavy atom. The summed E-state index contributed by atoms with van der Waals surface area (Å²) >= 11 is 0. The zero-order chi connectivity index (χ0) is 27.3. The van der Waals surface area contributed by atoms with E-state index in [4.69, 9.17) is 4.74 Å². The maximum atomic E-state index is 14.0. The van der Waals surface area contributed by atoms with Crippen LogP contribution in [0, 0.1) is 5.82 Å². The van der Waals surface area contributed by atoms with Crippen LogP contribution in [0.5, 0.6) is 11.5 Å². The molecular formula is C29H27F4N3O2. The molecule has 0 radical (unpaired) electrons. The summed E-state index contributed by atoms with van der Waals surface area (Å²) in [5, 5.41) is 2.76. The quantitative estimate of drug-likeness (QED) is 0.235. The monoisotopic (exact) mass is 525 g/mol. The van der Waals surface area contributed by atoms with Crippen molar-refractivity contribution in [3.8, 4) is 17.2 Å². The van der Waals surface area contributed by atoms with Gasteiger partial charge in [-0.2, -0.15) is 13.2 Å². The lowest BCUT2D eigenvalue weighted by atomic mass is 10.1. The molecule has 198 valence electrons. The van der Waals surface area contributed by atoms with Gasteiger partial charge in [0.25, 0.3) is 5.91 Å². The van der Waals surface area contributed by atoms with Gasteiger partial charge in [0.15, 0.2) is 0 Å². The third kappa shape index (κ3) is 6.16. The molecular weight excluding hydrogens is 498 g/mol. The Morgan fingerprint density at radius 2 is 1.55 bits per heavy atom. The van der Waals surface area contributed by atoms with E-state index in [2.05, 4.69) is 5.32 Å². The van der Waals surface area contributed by atoms with Crippen LogP contribution in [0.25, 0.3) is 5.69 Å². The van der Waals surface area contributed by atoms with E-state index in [1.54, 1.807) is 30.3 Å². The largest absolute Gasteiger partial charge is 0.457 e. The summed E-state index contributed by atoms with van der Waals surface area (Å²) in [6, 6.07) is 19.7. The summed E-state index contributed by atoms with van der Waals surface area (Å²) in [6.45, 7) is 5.07. The number of ether oxygens (including phenoxy) is 1. The minimum atomic E-state index is -4.60. The number of amides is 1. The molecule has 0 spiro atoms. The summed E-state index contributed by atoms with van der Waals surface area (Å²) in [5.74, 6) is 0.147. The molecule has 4 aromatic rings. The first-order chi connectivity index (χ1) is 18.2. The molecule has 0 saturated carbocycles. The van der Waals surface area contributed by atoms with Crippen LogP contribution in [0.3, 0.4) is 0 Å². The van der Waals surface area contributed by atoms with Gasteiger partial charge in [-0.3, -0.25) is 4.79 Å². The van der Waals surface area contributed by atoms with Crippen LogP contribution in [-0.2, 0) is 12.7 Å². The molecule has 5 nitrogen and oxygen atoms in total.